The maximum absolute atomic E-state index is 11.7. The van der Waals surface area contributed by atoms with E-state index in [1.807, 2.05) is 0 Å². The minimum atomic E-state index is -3.73. The Bertz CT molecular complexity index is 482. The zero-order valence-electron chi connectivity index (χ0n) is 10.6. The van der Waals surface area contributed by atoms with Gasteiger partial charge in [0.25, 0.3) is 10.1 Å². The van der Waals surface area contributed by atoms with Crippen LogP contribution in [-0.2, 0) is 28.6 Å². The van der Waals surface area contributed by atoms with Crippen LogP contribution >= 0.6 is 0 Å². The first-order valence-corrected chi connectivity index (χ1v) is 7.09. The van der Waals surface area contributed by atoms with Crippen LogP contribution in [0.25, 0.3) is 0 Å². The van der Waals surface area contributed by atoms with Crippen molar-refractivity contribution in [1.82, 2.24) is 0 Å². The Kier molecular flexibility index (Phi) is 6.48. The molecule has 0 aliphatic carbocycles. The van der Waals surface area contributed by atoms with Crippen molar-refractivity contribution in [2.45, 2.75) is 11.8 Å². The Hall–Kier alpha value is -1.44. The van der Waals surface area contributed by atoms with Gasteiger partial charge in [0.1, 0.15) is 6.61 Å². The highest BCUT2D eigenvalue weighted by molar-refractivity contribution is 7.86. The van der Waals surface area contributed by atoms with Gasteiger partial charge in [-0.2, -0.15) is 8.42 Å². The van der Waals surface area contributed by atoms with Gasteiger partial charge in [0.15, 0.2) is 0 Å². The highest BCUT2D eigenvalue weighted by atomic mass is 32.2. The molecule has 1 aromatic carbocycles. The zero-order chi connectivity index (χ0) is 14.1. The van der Waals surface area contributed by atoms with Crippen LogP contribution in [0.4, 0.5) is 0 Å². The second-order valence-electron chi connectivity index (χ2n) is 3.54. The van der Waals surface area contributed by atoms with Crippen molar-refractivity contribution in [2.24, 2.45) is 0 Å². The molecule has 7 heteroatoms. The van der Waals surface area contributed by atoms with E-state index < -0.39 is 10.1 Å². The first-order chi connectivity index (χ1) is 9.02. The SMILES string of the molecule is CC(=O)OCCOCCOS(=O)(=O)c1ccccc1. The average molecular weight is 288 g/mol. The number of esters is 1. The monoisotopic (exact) mass is 288 g/mol. The summed E-state index contributed by atoms with van der Waals surface area (Å²) in [6.07, 6.45) is 0. The Balaban J connectivity index is 2.21. The van der Waals surface area contributed by atoms with E-state index in [0.29, 0.717) is 0 Å². The lowest BCUT2D eigenvalue weighted by Gasteiger charge is -2.06. The van der Waals surface area contributed by atoms with Crippen molar-refractivity contribution in [2.75, 3.05) is 26.4 Å². The summed E-state index contributed by atoms with van der Waals surface area (Å²) in [6, 6.07) is 7.86. The molecule has 0 fully saturated rings. The van der Waals surface area contributed by atoms with Crippen molar-refractivity contribution in [3.05, 3.63) is 30.3 Å². The molecule has 0 saturated heterocycles. The minimum Gasteiger partial charge on any atom is -0.463 e. The first kappa shape index (κ1) is 15.6. The number of ether oxygens (including phenoxy) is 2. The molecule has 1 rings (SSSR count). The molecule has 0 unspecified atom stereocenters. The van der Waals surface area contributed by atoms with Crippen molar-refractivity contribution < 1.29 is 26.9 Å². The van der Waals surface area contributed by atoms with E-state index in [4.69, 9.17) is 8.92 Å². The van der Waals surface area contributed by atoms with E-state index in [2.05, 4.69) is 4.74 Å². The summed E-state index contributed by atoms with van der Waals surface area (Å²) < 4.78 is 37.8. The highest BCUT2D eigenvalue weighted by Gasteiger charge is 2.13. The Labute approximate surface area is 112 Å². The van der Waals surface area contributed by atoms with E-state index in [1.54, 1.807) is 18.2 Å². The lowest BCUT2D eigenvalue weighted by molar-refractivity contribution is -0.142. The van der Waals surface area contributed by atoms with Crippen molar-refractivity contribution in [1.29, 1.82) is 0 Å². The predicted molar refractivity (Wildman–Crippen MR) is 67.0 cm³/mol. The smallest absolute Gasteiger partial charge is 0.302 e. The molecule has 106 valence electrons. The summed E-state index contributed by atoms with van der Waals surface area (Å²) in [5.74, 6) is -0.383. The Morgan fingerprint density at radius 3 is 2.32 bits per heavy atom. The van der Waals surface area contributed by atoms with Gasteiger partial charge >= 0.3 is 5.97 Å². The average Bonchev–Trinajstić information content (AvgIpc) is 2.38. The molecule has 0 aromatic heterocycles. The minimum absolute atomic E-state index is 0.0860. The summed E-state index contributed by atoms with van der Waals surface area (Å²) in [7, 11) is -3.73. The van der Waals surface area contributed by atoms with Gasteiger partial charge in [-0.25, -0.2) is 0 Å². The van der Waals surface area contributed by atoms with Gasteiger partial charge in [0.2, 0.25) is 0 Å². The van der Waals surface area contributed by atoms with Crippen molar-refractivity contribution in [3.8, 4) is 0 Å². The number of hydrogen-bond donors (Lipinski definition) is 0. The van der Waals surface area contributed by atoms with Crippen LogP contribution < -0.4 is 0 Å². The van der Waals surface area contributed by atoms with Crippen LogP contribution in [0.1, 0.15) is 6.92 Å². The molecule has 0 bridgehead atoms. The fourth-order valence-corrected chi connectivity index (χ4v) is 2.12. The summed E-state index contributed by atoms with van der Waals surface area (Å²) >= 11 is 0. The van der Waals surface area contributed by atoms with E-state index in [9.17, 15) is 13.2 Å². The third kappa shape index (κ3) is 6.32. The molecule has 0 heterocycles. The molecule has 6 nitrogen and oxygen atoms in total. The molecule has 0 atom stereocenters. The number of rotatable bonds is 8. The van der Waals surface area contributed by atoms with Gasteiger partial charge in [-0.3, -0.25) is 8.98 Å². The van der Waals surface area contributed by atoms with Gasteiger partial charge in [-0.15, -0.1) is 0 Å². The summed E-state index contributed by atoms with van der Waals surface area (Å²) in [4.78, 5) is 10.5. The van der Waals surface area contributed by atoms with Crippen molar-refractivity contribution in [3.63, 3.8) is 0 Å². The van der Waals surface area contributed by atoms with Gasteiger partial charge in [0, 0.05) is 6.92 Å². The molecule has 19 heavy (non-hydrogen) atoms. The normalized spacial score (nSPS) is 11.2. The molecular weight excluding hydrogens is 272 g/mol. The fraction of sp³-hybridized carbons (Fsp3) is 0.417. The largest absolute Gasteiger partial charge is 0.463 e. The van der Waals surface area contributed by atoms with E-state index in [0.717, 1.165) is 0 Å². The molecule has 0 N–H and O–H groups in total. The molecule has 0 radical (unpaired) electrons. The zero-order valence-corrected chi connectivity index (χ0v) is 11.4. The molecule has 1 aromatic rings. The van der Waals surface area contributed by atoms with E-state index in [1.165, 1.54) is 19.1 Å². The Morgan fingerprint density at radius 2 is 1.68 bits per heavy atom. The lowest BCUT2D eigenvalue weighted by atomic mass is 10.4. The topological polar surface area (TPSA) is 78.9 Å². The Morgan fingerprint density at radius 1 is 1.05 bits per heavy atom. The number of hydrogen-bond acceptors (Lipinski definition) is 6. The van der Waals surface area contributed by atoms with Gasteiger partial charge in [0.05, 0.1) is 24.7 Å². The van der Waals surface area contributed by atoms with Gasteiger partial charge in [-0.05, 0) is 12.1 Å². The summed E-state index contributed by atoms with van der Waals surface area (Å²) in [5.41, 5.74) is 0. The third-order valence-electron chi connectivity index (χ3n) is 2.03. The maximum atomic E-state index is 11.7. The van der Waals surface area contributed by atoms with Gasteiger partial charge < -0.3 is 9.47 Å². The van der Waals surface area contributed by atoms with Crippen LogP contribution in [0.2, 0.25) is 0 Å². The number of carbonyl (C=O) groups is 1. The van der Waals surface area contributed by atoms with Gasteiger partial charge in [-0.1, -0.05) is 18.2 Å². The molecular formula is C12H16O6S. The third-order valence-corrected chi connectivity index (χ3v) is 3.36. The number of carbonyl (C=O) groups excluding carboxylic acids is 1. The van der Waals surface area contributed by atoms with Crippen LogP contribution in [0.15, 0.2) is 35.2 Å². The standard InChI is InChI=1S/C12H16O6S/c1-11(13)17-9-7-16-8-10-18-19(14,15)12-5-3-2-4-6-12/h2-6H,7-10H2,1H3. The molecule has 0 amide bonds. The highest BCUT2D eigenvalue weighted by Crippen LogP contribution is 2.10. The lowest BCUT2D eigenvalue weighted by Crippen LogP contribution is -2.14. The van der Waals surface area contributed by atoms with Crippen molar-refractivity contribution >= 4 is 16.1 Å². The molecule has 0 aliphatic heterocycles. The van der Waals surface area contributed by atoms with Crippen LogP contribution in [0, 0.1) is 0 Å². The summed E-state index contributed by atoms with van der Waals surface area (Å²) in [6.45, 7) is 1.66. The number of benzene rings is 1. The van der Waals surface area contributed by atoms with Crippen LogP contribution in [-0.4, -0.2) is 40.8 Å². The quantitative estimate of drug-likeness (QED) is 0.403. The molecule has 0 aliphatic rings. The summed E-state index contributed by atoms with van der Waals surface area (Å²) in [5, 5.41) is 0. The predicted octanol–water partition coefficient (Wildman–Crippen LogP) is 0.972. The second kappa shape index (κ2) is 7.88. The van der Waals surface area contributed by atoms with E-state index in [-0.39, 0.29) is 37.3 Å². The fourth-order valence-electron chi connectivity index (χ4n) is 1.20. The second-order valence-corrected chi connectivity index (χ2v) is 5.16. The molecule has 0 saturated carbocycles. The first-order valence-electron chi connectivity index (χ1n) is 5.68. The van der Waals surface area contributed by atoms with Crippen LogP contribution in [0.5, 0.6) is 0 Å². The van der Waals surface area contributed by atoms with Crippen LogP contribution in [0.3, 0.4) is 0 Å². The maximum Gasteiger partial charge on any atom is 0.302 e. The van der Waals surface area contributed by atoms with E-state index >= 15 is 0 Å². The molecule has 0 spiro atoms.